The molecular formula is C31H32ClF2N5O2. The Morgan fingerprint density at radius 1 is 0.829 bits per heavy atom. The van der Waals surface area contributed by atoms with Crippen LogP contribution in [0.1, 0.15) is 28.4 Å². The number of anilines is 1. The van der Waals surface area contributed by atoms with Gasteiger partial charge in [-0.05, 0) is 36.2 Å². The van der Waals surface area contributed by atoms with Crippen LogP contribution >= 0.6 is 11.6 Å². The standard InChI is InChI=1S/C31H32ClF2N5O2/c1-21-29(37-16-14-36(15-17-37)18-23-10-5-6-11-25(23)32)30(40)39(20-28(35)22-8-3-2-4-9-22)31(41)38(21)19-24-26(33)12-7-13-27(24)34/h2-13,28H,14-20,35H2,1H3/t28-/m0/s1. The Balaban J connectivity index is 1.50. The molecule has 1 fully saturated rings. The maximum atomic E-state index is 14.6. The van der Waals surface area contributed by atoms with Crippen molar-refractivity contribution in [2.75, 3.05) is 31.1 Å². The van der Waals surface area contributed by atoms with E-state index < -0.39 is 28.9 Å². The number of benzene rings is 3. The summed E-state index contributed by atoms with van der Waals surface area (Å²) in [6.45, 7) is 4.26. The van der Waals surface area contributed by atoms with Gasteiger partial charge in [-0.3, -0.25) is 18.8 Å². The molecule has 1 aliphatic heterocycles. The van der Waals surface area contributed by atoms with Crippen LogP contribution < -0.4 is 21.9 Å². The SMILES string of the molecule is Cc1c(N2CCN(Cc3ccccc3Cl)CC2)c(=O)n(C[C@H](N)c2ccccc2)c(=O)n1Cc1c(F)cccc1F. The monoisotopic (exact) mass is 579 g/mol. The molecule has 1 aromatic heterocycles. The summed E-state index contributed by atoms with van der Waals surface area (Å²) in [5, 5.41) is 0.705. The summed E-state index contributed by atoms with van der Waals surface area (Å²) in [5.74, 6) is -1.52. The van der Waals surface area contributed by atoms with Gasteiger partial charge in [-0.25, -0.2) is 13.6 Å². The average molecular weight is 580 g/mol. The molecule has 214 valence electrons. The van der Waals surface area contributed by atoms with Crippen LogP contribution in [0.3, 0.4) is 0 Å². The zero-order chi connectivity index (χ0) is 29.1. The third-order valence-corrected chi connectivity index (χ3v) is 8.05. The number of nitrogens with zero attached hydrogens (tertiary/aromatic N) is 4. The second-order valence-corrected chi connectivity index (χ2v) is 10.7. The normalized spacial score (nSPS) is 14.8. The van der Waals surface area contributed by atoms with Gasteiger partial charge in [0.25, 0.3) is 5.56 Å². The maximum Gasteiger partial charge on any atom is 0.331 e. The van der Waals surface area contributed by atoms with E-state index in [0.29, 0.717) is 49.1 Å². The summed E-state index contributed by atoms with van der Waals surface area (Å²) in [7, 11) is 0. The third kappa shape index (κ3) is 6.12. The van der Waals surface area contributed by atoms with Gasteiger partial charge in [0, 0.05) is 55.0 Å². The van der Waals surface area contributed by atoms with E-state index in [2.05, 4.69) is 4.90 Å². The number of hydrogen-bond acceptors (Lipinski definition) is 5. The van der Waals surface area contributed by atoms with E-state index in [1.807, 2.05) is 59.5 Å². The lowest BCUT2D eigenvalue weighted by Gasteiger charge is -2.37. The van der Waals surface area contributed by atoms with Crippen LogP contribution in [0.4, 0.5) is 14.5 Å². The lowest BCUT2D eigenvalue weighted by molar-refractivity contribution is 0.249. The first-order valence-electron chi connectivity index (χ1n) is 13.5. The lowest BCUT2D eigenvalue weighted by Crippen LogP contribution is -2.51. The summed E-state index contributed by atoms with van der Waals surface area (Å²) < 4.78 is 31.7. The predicted octanol–water partition coefficient (Wildman–Crippen LogP) is 4.32. The highest BCUT2D eigenvalue weighted by molar-refractivity contribution is 6.31. The molecule has 41 heavy (non-hydrogen) atoms. The highest BCUT2D eigenvalue weighted by atomic mass is 35.5. The van der Waals surface area contributed by atoms with Gasteiger partial charge in [-0.2, -0.15) is 0 Å². The fourth-order valence-corrected chi connectivity index (χ4v) is 5.53. The molecule has 0 aliphatic carbocycles. The fraction of sp³-hybridized carbons (Fsp3) is 0.290. The van der Waals surface area contributed by atoms with Crippen LogP contribution in [-0.2, 0) is 19.6 Å². The van der Waals surface area contributed by atoms with E-state index in [0.717, 1.165) is 27.8 Å². The minimum Gasteiger partial charge on any atom is -0.363 e. The van der Waals surface area contributed by atoms with Crippen LogP contribution in [0.2, 0.25) is 5.02 Å². The molecule has 1 atom stereocenters. The van der Waals surface area contributed by atoms with Crippen molar-refractivity contribution in [1.82, 2.24) is 14.0 Å². The maximum absolute atomic E-state index is 14.6. The van der Waals surface area contributed by atoms with Crippen molar-refractivity contribution in [1.29, 1.82) is 0 Å². The van der Waals surface area contributed by atoms with Crippen molar-refractivity contribution in [3.8, 4) is 0 Å². The molecule has 1 saturated heterocycles. The first kappa shape index (κ1) is 28.7. The predicted molar refractivity (Wildman–Crippen MR) is 157 cm³/mol. The van der Waals surface area contributed by atoms with Crippen molar-refractivity contribution >= 4 is 17.3 Å². The number of aromatic nitrogens is 2. The van der Waals surface area contributed by atoms with Crippen LogP contribution in [0.25, 0.3) is 0 Å². The number of rotatable bonds is 8. The summed E-state index contributed by atoms with van der Waals surface area (Å²) in [6, 6.07) is 19.8. The largest absolute Gasteiger partial charge is 0.363 e. The third-order valence-electron chi connectivity index (χ3n) is 7.68. The Labute approximate surface area is 242 Å². The highest BCUT2D eigenvalue weighted by Gasteiger charge is 2.27. The Morgan fingerprint density at radius 3 is 2.12 bits per heavy atom. The van der Waals surface area contributed by atoms with Gasteiger partial charge in [-0.1, -0.05) is 66.2 Å². The molecule has 5 rings (SSSR count). The van der Waals surface area contributed by atoms with E-state index in [-0.39, 0.29) is 18.7 Å². The van der Waals surface area contributed by atoms with Gasteiger partial charge < -0.3 is 10.6 Å². The minimum atomic E-state index is -0.759. The Kier molecular flexibility index (Phi) is 8.68. The molecule has 1 aliphatic rings. The molecule has 0 amide bonds. The van der Waals surface area contributed by atoms with Crippen LogP contribution in [0, 0.1) is 18.6 Å². The van der Waals surface area contributed by atoms with Crippen LogP contribution in [0.5, 0.6) is 0 Å². The molecule has 7 nitrogen and oxygen atoms in total. The van der Waals surface area contributed by atoms with Gasteiger partial charge in [0.15, 0.2) is 0 Å². The Bertz CT molecular complexity index is 1630. The van der Waals surface area contributed by atoms with E-state index in [1.165, 1.54) is 10.6 Å². The molecule has 2 N–H and O–H groups in total. The second-order valence-electron chi connectivity index (χ2n) is 10.3. The Hall–Kier alpha value is -3.79. The average Bonchev–Trinajstić information content (AvgIpc) is 2.97. The topological polar surface area (TPSA) is 76.5 Å². The minimum absolute atomic E-state index is 0.0822. The molecule has 0 bridgehead atoms. The van der Waals surface area contributed by atoms with Crippen molar-refractivity contribution in [2.45, 2.75) is 32.6 Å². The van der Waals surface area contributed by atoms with Gasteiger partial charge >= 0.3 is 5.69 Å². The molecule has 3 aromatic carbocycles. The number of nitrogens with two attached hydrogens (primary N) is 1. The smallest absolute Gasteiger partial charge is 0.331 e. The fourth-order valence-electron chi connectivity index (χ4n) is 5.34. The quantitative estimate of drug-likeness (QED) is 0.336. The van der Waals surface area contributed by atoms with Crippen LogP contribution in [0.15, 0.2) is 82.4 Å². The van der Waals surface area contributed by atoms with Crippen molar-refractivity contribution in [3.63, 3.8) is 0 Å². The van der Waals surface area contributed by atoms with Crippen molar-refractivity contribution in [3.05, 3.63) is 133 Å². The summed E-state index contributed by atoms with van der Waals surface area (Å²) in [4.78, 5) is 31.8. The number of halogens is 3. The number of piperazine rings is 1. The number of hydrogen-bond donors (Lipinski definition) is 1. The first-order chi connectivity index (χ1) is 19.7. The summed E-state index contributed by atoms with van der Waals surface area (Å²) in [6.07, 6.45) is 0. The van der Waals surface area contributed by atoms with E-state index in [9.17, 15) is 18.4 Å². The molecular weight excluding hydrogens is 548 g/mol. The molecule has 0 unspecified atom stereocenters. The second kappa shape index (κ2) is 12.4. The van der Waals surface area contributed by atoms with Crippen molar-refractivity contribution < 1.29 is 8.78 Å². The van der Waals surface area contributed by atoms with E-state index in [4.69, 9.17) is 17.3 Å². The highest BCUT2D eigenvalue weighted by Crippen LogP contribution is 2.22. The zero-order valence-electron chi connectivity index (χ0n) is 22.8. The van der Waals surface area contributed by atoms with Gasteiger partial charge in [0.1, 0.15) is 17.3 Å². The molecule has 2 heterocycles. The van der Waals surface area contributed by atoms with Crippen LogP contribution in [-0.4, -0.2) is 40.2 Å². The zero-order valence-corrected chi connectivity index (χ0v) is 23.5. The molecule has 0 spiro atoms. The molecule has 4 aromatic rings. The van der Waals surface area contributed by atoms with Gasteiger partial charge in [0.05, 0.1) is 13.1 Å². The van der Waals surface area contributed by atoms with E-state index >= 15 is 0 Å². The summed E-state index contributed by atoms with van der Waals surface area (Å²) in [5.41, 5.74) is 7.52. The molecule has 0 radical (unpaired) electrons. The van der Waals surface area contributed by atoms with Gasteiger partial charge in [-0.15, -0.1) is 0 Å². The van der Waals surface area contributed by atoms with E-state index in [1.54, 1.807) is 6.92 Å². The first-order valence-corrected chi connectivity index (χ1v) is 13.9. The Morgan fingerprint density at radius 2 is 1.46 bits per heavy atom. The van der Waals surface area contributed by atoms with Crippen molar-refractivity contribution in [2.24, 2.45) is 5.73 Å². The lowest BCUT2D eigenvalue weighted by atomic mass is 10.1. The van der Waals surface area contributed by atoms with Gasteiger partial charge in [0.2, 0.25) is 0 Å². The molecule has 0 saturated carbocycles. The summed E-state index contributed by atoms with van der Waals surface area (Å²) >= 11 is 6.36. The molecule has 10 heteroatoms.